The Morgan fingerprint density at radius 1 is 1.67 bits per heavy atom. The zero-order valence-electron chi connectivity index (χ0n) is 9.62. The number of hydrogen-bond donors (Lipinski definition) is 1. The predicted molar refractivity (Wildman–Crippen MR) is 67.5 cm³/mol. The fourth-order valence-corrected chi connectivity index (χ4v) is 2.20. The monoisotopic (exact) mass is 224 g/mol. The van der Waals surface area contributed by atoms with E-state index in [1.165, 1.54) is 16.3 Å². The summed E-state index contributed by atoms with van der Waals surface area (Å²) in [6, 6.07) is 0.573. The van der Waals surface area contributed by atoms with E-state index in [-0.39, 0.29) is 0 Å². The lowest BCUT2D eigenvalue weighted by Gasteiger charge is -2.11. The fraction of sp³-hybridized carbons (Fsp3) is 0.583. The van der Waals surface area contributed by atoms with Crippen molar-refractivity contribution >= 4 is 11.3 Å². The van der Waals surface area contributed by atoms with Crippen molar-refractivity contribution in [3.63, 3.8) is 0 Å². The van der Waals surface area contributed by atoms with Crippen LogP contribution >= 0.6 is 11.3 Å². The van der Waals surface area contributed by atoms with Crippen molar-refractivity contribution in [1.29, 1.82) is 0 Å². The van der Waals surface area contributed by atoms with Gasteiger partial charge in [-0.3, -0.25) is 0 Å². The average molecular weight is 224 g/mol. The van der Waals surface area contributed by atoms with E-state index in [9.17, 15) is 0 Å². The van der Waals surface area contributed by atoms with Crippen LogP contribution in [0, 0.1) is 6.92 Å². The summed E-state index contributed by atoms with van der Waals surface area (Å²) in [4.78, 5) is 5.63. The number of nitrogens with one attached hydrogen (secondary N) is 1. The molecule has 0 aliphatic carbocycles. The molecule has 1 N–H and O–H groups in total. The van der Waals surface area contributed by atoms with Crippen molar-refractivity contribution in [3.05, 3.63) is 28.7 Å². The van der Waals surface area contributed by atoms with E-state index in [0.29, 0.717) is 6.04 Å². The molecule has 3 heteroatoms. The number of rotatable bonds is 7. The van der Waals surface area contributed by atoms with Crippen LogP contribution in [0.1, 0.15) is 29.7 Å². The zero-order chi connectivity index (χ0) is 11.1. The van der Waals surface area contributed by atoms with E-state index >= 15 is 0 Å². The zero-order valence-corrected chi connectivity index (χ0v) is 10.4. The number of aryl methyl sites for hydroxylation is 1. The molecule has 0 spiro atoms. The van der Waals surface area contributed by atoms with Crippen molar-refractivity contribution in [3.8, 4) is 0 Å². The normalized spacial score (nSPS) is 12.7. The van der Waals surface area contributed by atoms with Gasteiger partial charge in [0.05, 0.1) is 5.01 Å². The number of nitrogens with zero attached hydrogens (tertiary/aromatic N) is 1. The Bertz CT molecular complexity index is 294. The van der Waals surface area contributed by atoms with Crippen LogP contribution in [0.2, 0.25) is 0 Å². The lowest BCUT2D eigenvalue weighted by Crippen LogP contribution is -2.27. The lowest BCUT2D eigenvalue weighted by atomic mass is 10.2. The van der Waals surface area contributed by atoms with Crippen LogP contribution in [0.15, 0.2) is 18.9 Å². The Hall–Kier alpha value is -0.670. The van der Waals surface area contributed by atoms with Gasteiger partial charge in [-0.1, -0.05) is 6.08 Å². The first-order chi connectivity index (χ1) is 7.22. The van der Waals surface area contributed by atoms with Gasteiger partial charge in [-0.25, -0.2) is 4.98 Å². The molecule has 0 aliphatic heterocycles. The molecule has 0 fully saturated rings. The molecular weight excluding hydrogens is 204 g/mol. The molecule has 0 saturated heterocycles. The van der Waals surface area contributed by atoms with E-state index in [1.807, 2.05) is 12.3 Å². The first-order valence-electron chi connectivity index (χ1n) is 5.48. The van der Waals surface area contributed by atoms with Crippen LogP contribution in [0.4, 0.5) is 0 Å². The highest BCUT2D eigenvalue weighted by Gasteiger charge is 2.01. The number of hydrogen-bond acceptors (Lipinski definition) is 3. The van der Waals surface area contributed by atoms with Gasteiger partial charge in [-0.2, -0.15) is 0 Å². The van der Waals surface area contributed by atoms with Crippen molar-refractivity contribution in [2.75, 3.05) is 6.54 Å². The predicted octanol–water partition coefficient (Wildman–Crippen LogP) is 2.94. The first-order valence-corrected chi connectivity index (χ1v) is 6.29. The summed E-state index contributed by atoms with van der Waals surface area (Å²) in [7, 11) is 0. The van der Waals surface area contributed by atoms with Crippen LogP contribution in [0.5, 0.6) is 0 Å². The van der Waals surface area contributed by atoms with Crippen LogP contribution < -0.4 is 5.32 Å². The van der Waals surface area contributed by atoms with Gasteiger partial charge in [-0.15, -0.1) is 17.9 Å². The van der Waals surface area contributed by atoms with Crippen LogP contribution in [0.3, 0.4) is 0 Å². The van der Waals surface area contributed by atoms with E-state index in [4.69, 9.17) is 0 Å². The summed E-state index contributed by atoms with van der Waals surface area (Å²) >= 11 is 1.79. The Kier molecular flexibility index (Phi) is 5.58. The SMILES string of the molecule is C=CCCC(C)NCCc1ncc(C)s1. The molecular formula is C12H20N2S. The smallest absolute Gasteiger partial charge is 0.0940 e. The van der Waals surface area contributed by atoms with Gasteiger partial charge in [0, 0.05) is 30.1 Å². The maximum atomic E-state index is 4.34. The molecule has 1 unspecified atom stereocenters. The maximum absolute atomic E-state index is 4.34. The molecule has 2 nitrogen and oxygen atoms in total. The third-order valence-electron chi connectivity index (χ3n) is 2.30. The minimum Gasteiger partial charge on any atom is -0.314 e. The van der Waals surface area contributed by atoms with Crippen LogP contribution in [-0.4, -0.2) is 17.6 Å². The van der Waals surface area contributed by atoms with Gasteiger partial charge in [0.15, 0.2) is 0 Å². The number of thiazole rings is 1. The summed E-state index contributed by atoms with van der Waals surface area (Å²) in [5.74, 6) is 0. The highest BCUT2D eigenvalue weighted by atomic mass is 32.1. The minimum atomic E-state index is 0.573. The first kappa shape index (κ1) is 12.4. The lowest BCUT2D eigenvalue weighted by molar-refractivity contribution is 0.521. The van der Waals surface area contributed by atoms with E-state index in [2.05, 4.69) is 30.7 Å². The molecule has 1 atom stereocenters. The third kappa shape index (κ3) is 5.09. The third-order valence-corrected chi connectivity index (χ3v) is 3.28. The van der Waals surface area contributed by atoms with Gasteiger partial charge in [0.2, 0.25) is 0 Å². The molecule has 1 rings (SSSR count). The topological polar surface area (TPSA) is 24.9 Å². The molecule has 1 heterocycles. The van der Waals surface area contributed by atoms with Crippen LogP contribution in [0.25, 0.3) is 0 Å². The van der Waals surface area contributed by atoms with Crippen molar-refractivity contribution in [1.82, 2.24) is 10.3 Å². The van der Waals surface area contributed by atoms with Gasteiger partial charge in [0.25, 0.3) is 0 Å². The summed E-state index contributed by atoms with van der Waals surface area (Å²) in [5, 5.41) is 4.73. The van der Waals surface area contributed by atoms with Crippen molar-refractivity contribution in [2.45, 2.75) is 39.2 Å². The average Bonchev–Trinajstić information content (AvgIpc) is 2.61. The maximum Gasteiger partial charge on any atom is 0.0940 e. The summed E-state index contributed by atoms with van der Waals surface area (Å²) in [5.41, 5.74) is 0. The van der Waals surface area contributed by atoms with E-state index < -0.39 is 0 Å². The van der Waals surface area contributed by atoms with Crippen molar-refractivity contribution < 1.29 is 0 Å². The quantitative estimate of drug-likeness (QED) is 0.720. The molecule has 1 aromatic rings. The second-order valence-corrected chi connectivity index (χ2v) is 5.16. The number of allylic oxidation sites excluding steroid dienone is 1. The standard InChI is InChI=1S/C12H20N2S/c1-4-5-6-10(2)13-8-7-12-14-9-11(3)15-12/h4,9-10,13H,1,5-8H2,2-3H3. The second kappa shape index (κ2) is 6.75. The molecule has 84 valence electrons. The summed E-state index contributed by atoms with van der Waals surface area (Å²) in [6.07, 6.45) is 7.21. The number of aromatic nitrogens is 1. The summed E-state index contributed by atoms with van der Waals surface area (Å²) < 4.78 is 0. The van der Waals surface area contributed by atoms with Crippen molar-refractivity contribution in [2.24, 2.45) is 0 Å². The Morgan fingerprint density at radius 2 is 2.47 bits per heavy atom. The molecule has 1 aromatic heterocycles. The van der Waals surface area contributed by atoms with E-state index in [0.717, 1.165) is 19.4 Å². The molecule has 0 amide bonds. The van der Waals surface area contributed by atoms with Gasteiger partial charge in [0.1, 0.15) is 0 Å². The Balaban J connectivity index is 2.13. The van der Waals surface area contributed by atoms with Crippen LogP contribution in [-0.2, 0) is 6.42 Å². The highest BCUT2D eigenvalue weighted by molar-refractivity contribution is 7.11. The van der Waals surface area contributed by atoms with Gasteiger partial charge in [-0.05, 0) is 26.7 Å². The molecule has 0 aliphatic rings. The molecule has 0 radical (unpaired) electrons. The Labute approximate surface area is 96.4 Å². The summed E-state index contributed by atoms with van der Waals surface area (Å²) in [6.45, 7) is 9.06. The fourth-order valence-electron chi connectivity index (χ4n) is 1.41. The molecule has 0 aromatic carbocycles. The molecule has 0 bridgehead atoms. The largest absolute Gasteiger partial charge is 0.314 e. The second-order valence-electron chi connectivity index (χ2n) is 3.84. The van der Waals surface area contributed by atoms with Gasteiger partial charge < -0.3 is 5.32 Å². The molecule has 0 saturated carbocycles. The van der Waals surface area contributed by atoms with E-state index in [1.54, 1.807) is 11.3 Å². The minimum absolute atomic E-state index is 0.573. The Morgan fingerprint density at radius 3 is 3.07 bits per heavy atom. The van der Waals surface area contributed by atoms with Gasteiger partial charge >= 0.3 is 0 Å². The molecule has 15 heavy (non-hydrogen) atoms. The highest BCUT2D eigenvalue weighted by Crippen LogP contribution is 2.11.